The fraction of sp³-hybridized carbons (Fsp3) is 0.222. The molecular weight excluding hydrogens is 298 g/mol. The number of primary sulfonamides is 1. The van der Waals surface area contributed by atoms with Crippen LogP contribution in [-0.2, 0) is 14.8 Å². The van der Waals surface area contributed by atoms with Gasteiger partial charge in [0, 0.05) is 4.47 Å². The topological polar surface area (TPSA) is 86.5 Å². The first-order valence-electron chi connectivity index (χ1n) is 4.18. The zero-order valence-electron chi connectivity index (χ0n) is 8.65. The number of esters is 1. The number of aryl methyl sites for hydroxylation is 1. The summed E-state index contributed by atoms with van der Waals surface area (Å²) < 4.78 is 27.3. The second-order valence-electron chi connectivity index (χ2n) is 3.13. The molecule has 16 heavy (non-hydrogen) atoms. The third-order valence-electron chi connectivity index (χ3n) is 1.99. The van der Waals surface area contributed by atoms with Crippen molar-refractivity contribution < 1.29 is 17.9 Å². The molecule has 0 atom stereocenters. The lowest BCUT2D eigenvalue weighted by molar-refractivity contribution is 0.0599. The maximum Gasteiger partial charge on any atom is 0.338 e. The van der Waals surface area contributed by atoms with Crippen LogP contribution in [0.1, 0.15) is 15.9 Å². The highest BCUT2D eigenvalue weighted by Gasteiger charge is 2.18. The van der Waals surface area contributed by atoms with Crippen molar-refractivity contribution in [2.45, 2.75) is 11.8 Å². The van der Waals surface area contributed by atoms with Crippen LogP contribution in [0, 0.1) is 6.92 Å². The number of hydrogen-bond acceptors (Lipinski definition) is 4. The molecule has 5 nitrogen and oxygen atoms in total. The molecule has 0 radical (unpaired) electrons. The number of rotatable bonds is 2. The minimum absolute atomic E-state index is 0.140. The normalized spacial score (nSPS) is 11.2. The summed E-state index contributed by atoms with van der Waals surface area (Å²) >= 11 is 3.08. The Morgan fingerprint density at radius 1 is 1.44 bits per heavy atom. The maximum absolute atomic E-state index is 11.4. The maximum atomic E-state index is 11.4. The number of hydrogen-bond donors (Lipinski definition) is 1. The van der Waals surface area contributed by atoms with E-state index in [-0.39, 0.29) is 10.5 Å². The predicted octanol–water partition coefficient (Wildman–Crippen LogP) is 1.19. The van der Waals surface area contributed by atoms with Gasteiger partial charge in [-0.15, -0.1) is 0 Å². The smallest absolute Gasteiger partial charge is 0.338 e. The summed E-state index contributed by atoms with van der Waals surface area (Å²) in [4.78, 5) is 11.2. The molecule has 0 spiro atoms. The van der Waals surface area contributed by atoms with E-state index in [1.54, 1.807) is 6.92 Å². The average Bonchev–Trinajstić information content (AvgIpc) is 2.14. The Morgan fingerprint density at radius 3 is 2.44 bits per heavy atom. The third-order valence-corrected chi connectivity index (χ3v) is 3.86. The van der Waals surface area contributed by atoms with Crippen LogP contribution in [-0.4, -0.2) is 21.5 Å². The van der Waals surface area contributed by atoms with E-state index in [1.807, 2.05) is 0 Å². The lowest BCUT2D eigenvalue weighted by Crippen LogP contribution is -2.15. The number of halogens is 1. The van der Waals surface area contributed by atoms with Crippen molar-refractivity contribution >= 4 is 31.9 Å². The van der Waals surface area contributed by atoms with Crippen LogP contribution in [0.4, 0.5) is 0 Å². The Labute approximate surface area is 102 Å². The standard InChI is InChI=1S/C9H10BrNO4S/c1-5-3-7(10)8(16(11,13)14)4-6(5)9(12)15-2/h3-4H,1-2H3,(H2,11,13,14). The van der Waals surface area contributed by atoms with Crippen molar-refractivity contribution in [2.24, 2.45) is 5.14 Å². The van der Waals surface area contributed by atoms with E-state index in [1.165, 1.54) is 19.2 Å². The molecule has 0 aromatic heterocycles. The number of ether oxygens (including phenoxy) is 1. The van der Waals surface area contributed by atoms with Gasteiger partial charge in [-0.2, -0.15) is 0 Å². The second-order valence-corrected chi connectivity index (χ2v) is 5.52. The molecule has 0 bridgehead atoms. The average molecular weight is 308 g/mol. The molecule has 0 aliphatic rings. The van der Waals surface area contributed by atoms with Crippen LogP contribution in [0.15, 0.2) is 21.5 Å². The molecule has 1 rings (SSSR count). The summed E-state index contributed by atoms with van der Waals surface area (Å²) in [5, 5.41) is 5.01. The van der Waals surface area contributed by atoms with Crippen LogP contribution in [0.25, 0.3) is 0 Å². The first-order chi connectivity index (χ1) is 7.27. The molecule has 0 aliphatic carbocycles. The first kappa shape index (κ1) is 13.1. The van der Waals surface area contributed by atoms with Crippen LogP contribution in [0.3, 0.4) is 0 Å². The molecule has 0 saturated heterocycles. The van der Waals surface area contributed by atoms with Gasteiger partial charge in [0.05, 0.1) is 17.6 Å². The van der Waals surface area contributed by atoms with Crippen LogP contribution in [0.2, 0.25) is 0 Å². The van der Waals surface area contributed by atoms with Crippen molar-refractivity contribution in [1.82, 2.24) is 0 Å². The highest BCUT2D eigenvalue weighted by molar-refractivity contribution is 9.10. The quantitative estimate of drug-likeness (QED) is 0.832. The summed E-state index contributed by atoms with van der Waals surface area (Å²) in [5.41, 5.74) is 0.779. The minimum atomic E-state index is -3.87. The molecule has 0 saturated carbocycles. The van der Waals surface area contributed by atoms with Crippen molar-refractivity contribution in [3.63, 3.8) is 0 Å². The number of carbonyl (C=O) groups is 1. The largest absolute Gasteiger partial charge is 0.465 e. The Morgan fingerprint density at radius 2 is 2.00 bits per heavy atom. The van der Waals surface area contributed by atoms with Crippen LogP contribution in [0.5, 0.6) is 0 Å². The zero-order chi connectivity index (χ0) is 12.5. The van der Waals surface area contributed by atoms with Gasteiger partial charge in [-0.25, -0.2) is 18.4 Å². The summed E-state index contributed by atoms with van der Waals surface area (Å²) in [6, 6.07) is 2.70. The Kier molecular flexibility index (Phi) is 3.72. The van der Waals surface area contributed by atoms with E-state index in [0.29, 0.717) is 10.0 Å². The number of sulfonamides is 1. The first-order valence-corrected chi connectivity index (χ1v) is 6.52. The van der Waals surface area contributed by atoms with Gasteiger partial charge in [-0.3, -0.25) is 0 Å². The molecule has 7 heteroatoms. The lowest BCUT2D eigenvalue weighted by Gasteiger charge is -2.08. The highest BCUT2D eigenvalue weighted by Crippen LogP contribution is 2.25. The van der Waals surface area contributed by atoms with Crippen molar-refractivity contribution in [1.29, 1.82) is 0 Å². The summed E-state index contributed by atoms with van der Waals surface area (Å²) in [5.74, 6) is -0.602. The third kappa shape index (κ3) is 2.60. The van der Waals surface area contributed by atoms with Gasteiger partial charge in [0.25, 0.3) is 0 Å². The van der Waals surface area contributed by atoms with E-state index in [9.17, 15) is 13.2 Å². The summed E-state index contributed by atoms with van der Waals surface area (Å²) in [6.45, 7) is 1.67. The van der Waals surface area contributed by atoms with Crippen LogP contribution < -0.4 is 5.14 Å². The predicted molar refractivity (Wildman–Crippen MR) is 61.6 cm³/mol. The molecule has 0 heterocycles. The van der Waals surface area contributed by atoms with Gasteiger partial charge in [-0.1, -0.05) is 0 Å². The SMILES string of the molecule is COC(=O)c1cc(S(N)(=O)=O)c(Br)cc1C. The summed E-state index contributed by atoms with van der Waals surface area (Å²) in [7, 11) is -2.65. The van der Waals surface area contributed by atoms with Gasteiger partial charge in [0.1, 0.15) is 0 Å². The monoisotopic (exact) mass is 307 g/mol. The van der Waals surface area contributed by atoms with Gasteiger partial charge >= 0.3 is 5.97 Å². The molecule has 0 fully saturated rings. The molecule has 2 N–H and O–H groups in total. The molecular formula is C9H10BrNO4S. The highest BCUT2D eigenvalue weighted by atomic mass is 79.9. The fourth-order valence-electron chi connectivity index (χ4n) is 1.20. The molecule has 1 aromatic carbocycles. The van der Waals surface area contributed by atoms with Crippen molar-refractivity contribution in [3.8, 4) is 0 Å². The Hall–Kier alpha value is -0.920. The van der Waals surface area contributed by atoms with Crippen LogP contribution >= 0.6 is 15.9 Å². The van der Waals surface area contributed by atoms with E-state index in [4.69, 9.17) is 5.14 Å². The van der Waals surface area contributed by atoms with Crippen molar-refractivity contribution in [3.05, 3.63) is 27.7 Å². The molecule has 1 aromatic rings. The number of nitrogens with two attached hydrogens (primary N) is 1. The fourth-order valence-corrected chi connectivity index (χ4v) is 2.95. The molecule has 88 valence electrons. The second kappa shape index (κ2) is 4.52. The molecule has 0 unspecified atom stereocenters. The molecule has 0 aliphatic heterocycles. The number of methoxy groups -OCH3 is 1. The van der Waals surface area contributed by atoms with Gasteiger partial charge < -0.3 is 4.74 Å². The minimum Gasteiger partial charge on any atom is -0.465 e. The Bertz CT molecular complexity index is 539. The van der Waals surface area contributed by atoms with Gasteiger partial charge in [0.15, 0.2) is 0 Å². The number of carbonyl (C=O) groups excluding carboxylic acids is 1. The molecule has 0 amide bonds. The summed E-state index contributed by atoms with van der Waals surface area (Å²) in [6.07, 6.45) is 0. The Balaban J connectivity index is 3.51. The zero-order valence-corrected chi connectivity index (χ0v) is 11.1. The van der Waals surface area contributed by atoms with Gasteiger partial charge in [0.2, 0.25) is 10.0 Å². The van der Waals surface area contributed by atoms with Gasteiger partial charge in [-0.05, 0) is 40.5 Å². The van der Waals surface area contributed by atoms with E-state index in [2.05, 4.69) is 20.7 Å². The number of benzene rings is 1. The van der Waals surface area contributed by atoms with E-state index >= 15 is 0 Å². The lowest BCUT2D eigenvalue weighted by atomic mass is 10.1. The van der Waals surface area contributed by atoms with E-state index in [0.717, 1.165) is 0 Å². The van der Waals surface area contributed by atoms with E-state index < -0.39 is 16.0 Å². The van der Waals surface area contributed by atoms with Crippen molar-refractivity contribution in [2.75, 3.05) is 7.11 Å².